The highest BCUT2D eigenvalue weighted by atomic mass is 16.5. The van der Waals surface area contributed by atoms with E-state index in [0.717, 1.165) is 38.1 Å². The highest BCUT2D eigenvalue weighted by molar-refractivity contribution is 5.45. The summed E-state index contributed by atoms with van der Waals surface area (Å²) >= 11 is 0. The zero-order valence-electron chi connectivity index (χ0n) is 11.5. The van der Waals surface area contributed by atoms with Gasteiger partial charge in [-0.25, -0.2) is 0 Å². The van der Waals surface area contributed by atoms with Gasteiger partial charge in [-0.3, -0.25) is 4.90 Å². The summed E-state index contributed by atoms with van der Waals surface area (Å²) in [5, 5.41) is 9.85. The maximum atomic E-state index is 9.85. The summed E-state index contributed by atoms with van der Waals surface area (Å²) in [7, 11) is 1.70. The molecule has 0 spiro atoms. The summed E-state index contributed by atoms with van der Waals surface area (Å²) < 4.78 is 5.31. The lowest BCUT2D eigenvalue weighted by atomic mass is 9.76. The smallest absolute Gasteiger partial charge is 0.135 e. The van der Waals surface area contributed by atoms with Crippen molar-refractivity contribution in [3.05, 3.63) is 29.3 Å². The minimum absolute atomic E-state index is 0.393. The Morgan fingerprint density at radius 1 is 1.26 bits per heavy atom. The predicted octanol–water partition coefficient (Wildman–Crippen LogP) is 2.85. The normalized spacial score (nSPS) is 26.7. The lowest BCUT2D eigenvalue weighted by Gasteiger charge is -2.40. The van der Waals surface area contributed by atoms with Crippen LogP contribution in [0.1, 0.15) is 36.8 Å². The number of nitriles is 1. The van der Waals surface area contributed by atoms with Crippen LogP contribution in [0, 0.1) is 11.3 Å². The van der Waals surface area contributed by atoms with Gasteiger partial charge in [0.05, 0.1) is 13.2 Å². The number of nitrogens with zero attached hydrogens (tertiary/aromatic N) is 2. The molecule has 1 aliphatic heterocycles. The molecule has 1 aromatic carbocycles. The van der Waals surface area contributed by atoms with Gasteiger partial charge in [0.25, 0.3) is 0 Å². The van der Waals surface area contributed by atoms with Crippen LogP contribution < -0.4 is 4.74 Å². The highest BCUT2D eigenvalue weighted by Crippen LogP contribution is 2.42. The topological polar surface area (TPSA) is 36.3 Å². The van der Waals surface area contributed by atoms with Gasteiger partial charge in [0.1, 0.15) is 11.3 Å². The number of benzene rings is 1. The minimum atomic E-state index is -0.393. The van der Waals surface area contributed by atoms with Gasteiger partial charge in [0.15, 0.2) is 0 Å². The van der Waals surface area contributed by atoms with Crippen molar-refractivity contribution in [2.24, 2.45) is 0 Å². The average Bonchev–Trinajstić information content (AvgIpc) is 3.00. The van der Waals surface area contributed by atoms with E-state index in [1.54, 1.807) is 7.11 Å². The molecule has 0 aromatic heterocycles. The van der Waals surface area contributed by atoms with Gasteiger partial charge in [0, 0.05) is 13.1 Å². The van der Waals surface area contributed by atoms with Gasteiger partial charge in [-0.15, -0.1) is 0 Å². The minimum Gasteiger partial charge on any atom is -0.497 e. The quantitative estimate of drug-likeness (QED) is 0.816. The van der Waals surface area contributed by atoms with Crippen molar-refractivity contribution in [1.29, 1.82) is 5.26 Å². The summed E-state index contributed by atoms with van der Waals surface area (Å²) in [6.45, 7) is 2.11. The van der Waals surface area contributed by atoms with E-state index in [4.69, 9.17) is 4.74 Å². The predicted molar refractivity (Wildman–Crippen MR) is 74.0 cm³/mol. The van der Waals surface area contributed by atoms with E-state index < -0.39 is 5.54 Å². The number of fused-ring (bicyclic) bond motifs is 1. The Kier molecular flexibility index (Phi) is 3.20. The third-order valence-electron chi connectivity index (χ3n) is 4.57. The second kappa shape index (κ2) is 4.86. The second-order valence-corrected chi connectivity index (χ2v) is 5.54. The molecule has 3 heteroatoms. The lowest BCUT2D eigenvalue weighted by molar-refractivity contribution is 0.151. The Hall–Kier alpha value is -1.53. The van der Waals surface area contributed by atoms with Crippen LogP contribution in [-0.2, 0) is 12.0 Å². The van der Waals surface area contributed by atoms with Gasteiger partial charge >= 0.3 is 0 Å². The third kappa shape index (κ3) is 1.91. The summed E-state index contributed by atoms with van der Waals surface area (Å²) in [6, 6.07) is 8.84. The maximum absolute atomic E-state index is 9.85. The molecule has 0 saturated carbocycles. The molecule has 100 valence electrons. The van der Waals surface area contributed by atoms with Crippen LogP contribution in [0.15, 0.2) is 18.2 Å². The van der Waals surface area contributed by atoms with E-state index in [0.29, 0.717) is 0 Å². The van der Waals surface area contributed by atoms with Crippen molar-refractivity contribution in [2.75, 3.05) is 20.2 Å². The van der Waals surface area contributed by atoms with Crippen LogP contribution in [0.4, 0.5) is 0 Å². The molecule has 1 fully saturated rings. The molecule has 3 nitrogen and oxygen atoms in total. The summed E-state index contributed by atoms with van der Waals surface area (Å²) in [6.07, 6.45) is 5.54. The van der Waals surface area contributed by atoms with E-state index in [-0.39, 0.29) is 0 Å². The number of likely N-dealkylation sites (tertiary alicyclic amines) is 1. The first kappa shape index (κ1) is 12.5. The number of methoxy groups -OCH3 is 1. The van der Waals surface area contributed by atoms with Gasteiger partial charge in [0.2, 0.25) is 0 Å². The fourth-order valence-corrected chi connectivity index (χ4v) is 3.59. The molecule has 1 aliphatic carbocycles. The van der Waals surface area contributed by atoms with E-state index in [9.17, 15) is 5.26 Å². The first-order valence-electron chi connectivity index (χ1n) is 7.14. The van der Waals surface area contributed by atoms with Crippen molar-refractivity contribution >= 4 is 0 Å². The van der Waals surface area contributed by atoms with Crippen LogP contribution in [0.5, 0.6) is 5.75 Å². The zero-order valence-corrected chi connectivity index (χ0v) is 11.5. The highest BCUT2D eigenvalue weighted by Gasteiger charge is 2.43. The lowest BCUT2D eigenvalue weighted by Crippen LogP contribution is -2.45. The number of hydrogen-bond acceptors (Lipinski definition) is 3. The van der Waals surface area contributed by atoms with E-state index in [1.807, 2.05) is 6.07 Å². The van der Waals surface area contributed by atoms with Crippen molar-refractivity contribution in [3.63, 3.8) is 0 Å². The fraction of sp³-hybridized carbons (Fsp3) is 0.562. The molecule has 0 bridgehead atoms. The molecule has 1 aromatic rings. The van der Waals surface area contributed by atoms with Crippen LogP contribution in [0.3, 0.4) is 0 Å². The average molecular weight is 256 g/mol. The largest absolute Gasteiger partial charge is 0.497 e. The number of ether oxygens (including phenoxy) is 1. The zero-order chi connectivity index (χ0) is 13.3. The Morgan fingerprint density at radius 2 is 2.05 bits per heavy atom. The molecular weight excluding hydrogens is 236 g/mol. The Labute approximate surface area is 114 Å². The molecule has 19 heavy (non-hydrogen) atoms. The summed E-state index contributed by atoms with van der Waals surface area (Å²) in [5.41, 5.74) is 2.11. The van der Waals surface area contributed by atoms with Gasteiger partial charge in [-0.05, 0) is 55.4 Å². The number of hydrogen-bond donors (Lipinski definition) is 0. The summed E-state index contributed by atoms with van der Waals surface area (Å²) in [4.78, 5) is 2.39. The van der Waals surface area contributed by atoms with Crippen molar-refractivity contribution in [2.45, 2.75) is 37.6 Å². The monoisotopic (exact) mass is 256 g/mol. The van der Waals surface area contributed by atoms with E-state index in [2.05, 4.69) is 23.1 Å². The summed E-state index contributed by atoms with van der Waals surface area (Å²) in [5.74, 6) is 0.897. The van der Waals surface area contributed by atoms with E-state index in [1.165, 1.54) is 24.0 Å². The Balaban J connectivity index is 2.07. The second-order valence-electron chi connectivity index (χ2n) is 5.54. The molecule has 1 unspecified atom stereocenters. The molecule has 0 N–H and O–H groups in total. The fourth-order valence-electron chi connectivity index (χ4n) is 3.59. The molecule has 1 atom stereocenters. The van der Waals surface area contributed by atoms with Crippen molar-refractivity contribution in [1.82, 2.24) is 4.90 Å². The first-order chi connectivity index (χ1) is 9.30. The van der Waals surface area contributed by atoms with Crippen molar-refractivity contribution < 1.29 is 4.74 Å². The SMILES string of the molecule is COc1ccc2c(c1)CCCC2(C#N)N1CCCC1. The standard InChI is InChI=1S/C16H20N2O/c1-19-14-6-7-15-13(11-14)5-4-8-16(15,12-17)18-9-2-3-10-18/h6-7,11H,2-5,8-10H2,1H3. The van der Waals surface area contributed by atoms with E-state index >= 15 is 0 Å². The molecule has 0 amide bonds. The van der Waals surface area contributed by atoms with Crippen LogP contribution in [-0.4, -0.2) is 25.1 Å². The van der Waals surface area contributed by atoms with Crippen LogP contribution in [0.2, 0.25) is 0 Å². The molecule has 1 saturated heterocycles. The van der Waals surface area contributed by atoms with Gasteiger partial charge in [-0.2, -0.15) is 5.26 Å². The van der Waals surface area contributed by atoms with Crippen molar-refractivity contribution in [3.8, 4) is 11.8 Å². The number of aryl methyl sites for hydroxylation is 1. The molecule has 1 heterocycles. The molecule has 3 rings (SSSR count). The molecule has 0 radical (unpaired) electrons. The van der Waals surface area contributed by atoms with Crippen LogP contribution in [0.25, 0.3) is 0 Å². The third-order valence-corrected chi connectivity index (χ3v) is 4.57. The maximum Gasteiger partial charge on any atom is 0.135 e. The molecular formula is C16H20N2O. The Bertz CT molecular complexity index is 514. The number of rotatable bonds is 2. The van der Waals surface area contributed by atoms with Crippen LogP contribution >= 0.6 is 0 Å². The van der Waals surface area contributed by atoms with Gasteiger partial charge in [-0.1, -0.05) is 6.07 Å². The first-order valence-corrected chi connectivity index (χ1v) is 7.14. The molecule has 2 aliphatic rings. The van der Waals surface area contributed by atoms with Gasteiger partial charge < -0.3 is 4.74 Å². The Morgan fingerprint density at radius 3 is 2.74 bits per heavy atom.